The van der Waals surface area contributed by atoms with Crippen LogP contribution in [0.2, 0.25) is 0 Å². The maximum Gasteiger partial charge on any atom is 0.192 e. The van der Waals surface area contributed by atoms with E-state index in [1.165, 1.54) is 72.7 Å². The Kier molecular flexibility index (Phi) is 7.43. The van der Waals surface area contributed by atoms with Crippen LogP contribution in [-0.4, -0.2) is 50.1 Å². The summed E-state index contributed by atoms with van der Waals surface area (Å²) in [6, 6.07) is 29.8. The predicted octanol–water partition coefficient (Wildman–Crippen LogP) is 5.08. The molecule has 36 heavy (non-hydrogen) atoms. The van der Waals surface area contributed by atoms with Crippen LogP contribution in [0.3, 0.4) is 0 Å². The van der Waals surface area contributed by atoms with E-state index in [-0.39, 0.29) is 6.10 Å². The average molecular weight is 477 g/mol. The van der Waals surface area contributed by atoms with E-state index in [4.69, 9.17) is 4.74 Å². The molecule has 3 atom stereocenters. The highest BCUT2D eigenvalue weighted by atomic mass is 16.5. The van der Waals surface area contributed by atoms with Crippen LogP contribution in [0.15, 0.2) is 78.9 Å². The number of hydrogen-bond donors (Lipinski definition) is 1. The number of ether oxygens (including phenoxy) is 1. The second-order valence-corrected chi connectivity index (χ2v) is 10.9. The molecule has 2 fully saturated rings. The summed E-state index contributed by atoms with van der Waals surface area (Å²) in [6.07, 6.45) is 9.31. The minimum atomic E-state index is 0.195. The smallest absolute Gasteiger partial charge is 0.192 e. The van der Waals surface area contributed by atoms with Crippen molar-refractivity contribution in [3.63, 3.8) is 0 Å². The van der Waals surface area contributed by atoms with E-state index < -0.39 is 0 Å². The Morgan fingerprint density at radius 3 is 2.19 bits per heavy atom. The molecule has 185 valence electrons. The molecule has 2 aliphatic heterocycles. The van der Waals surface area contributed by atoms with Crippen LogP contribution >= 0.6 is 0 Å². The monoisotopic (exact) mass is 477 g/mol. The summed E-state index contributed by atoms with van der Waals surface area (Å²) < 4.78 is 6.57. The zero-order valence-electron chi connectivity index (χ0n) is 21.3. The highest BCUT2D eigenvalue weighted by Gasteiger charge is 2.37. The van der Waals surface area contributed by atoms with Gasteiger partial charge < -0.3 is 10.1 Å². The third-order valence-electron chi connectivity index (χ3n) is 8.57. The van der Waals surface area contributed by atoms with Gasteiger partial charge in [-0.25, -0.2) is 0 Å². The Morgan fingerprint density at radius 2 is 1.42 bits per heavy atom. The highest BCUT2D eigenvalue weighted by Crippen LogP contribution is 2.33. The second-order valence-electron chi connectivity index (χ2n) is 10.9. The molecule has 1 saturated carbocycles. The third-order valence-corrected chi connectivity index (χ3v) is 8.57. The minimum Gasteiger partial charge on any atom is -0.382 e. The van der Waals surface area contributed by atoms with Crippen LogP contribution in [0.1, 0.15) is 62.0 Å². The van der Waals surface area contributed by atoms with Gasteiger partial charge >= 0.3 is 0 Å². The van der Waals surface area contributed by atoms with Crippen LogP contribution < -0.4 is 16.2 Å². The number of benzene rings is 3. The molecule has 0 aromatic heterocycles. The van der Waals surface area contributed by atoms with Crippen molar-refractivity contribution < 1.29 is 4.74 Å². The minimum absolute atomic E-state index is 0.195. The van der Waals surface area contributed by atoms with Crippen molar-refractivity contribution in [3.05, 3.63) is 90.0 Å². The molecular weight excluding hydrogens is 439 g/mol. The predicted molar refractivity (Wildman–Crippen MR) is 151 cm³/mol. The summed E-state index contributed by atoms with van der Waals surface area (Å²) in [4.78, 5) is 2.78. The van der Waals surface area contributed by atoms with Gasteiger partial charge in [0.2, 0.25) is 0 Å². The molecule has 4 heteroatoms. The van der Waals surface area contributed by atoms with E-state index in [9.17, 15) is 0 Å². The van der Waals surface area contributed by atoms with E-state index >= 15 is 0 Å². The quantitative estimate of drug-likeness (QED) is 0.531. The fourth-order valence-corrected chi connectivity index (χ4v) is 6.73. The fraction of sp³-hybridized carbons (Fsp3) is 0.438. The van der Waals surface area contributed by atoms with Crippen LogP contribution in [0, 0.1) is 0 Å². The van der Waals surface area contributed by atoms with Crippen molar-refractivity contribution >= 4 is 23.9 Å². The largest absolute Gasteiger partial charge is 0.382 e. The third kappa shape index (κ3) is 5.26. The van der Waals surface area contributed by atoms with E-state index in [1.54, 1.807) is 0 Å². The van der Waals surface area contributed by atoms with Crippen molar-refractivity contribution in [1.82, 2.24) is 4.90 Å². The molecular formula is C32H38BN2O. The van der Waals surface area contributed by atoms with E-state index in [2.05, 4.69) is 96.4 Å². The number of para-hydroxylation sites is 1. The van der Waals surface area contributed by atoms with E-state index in [1.807, 2.05) is 0 Å². The molecule has 3 aromatic carbocycles. The molecule has 1 N–H and O–H groups in total. The van der Waals surface area contributed by atoms with E-state index in [0.29, 0.717) is 18.0 Å². The standard InChI is InChI=1S/C32H38BN2O/c1-3-11-24(12-4-1)34-25-13-5-2-6-14-26(20-19-25)35-21-22-36-31(23-35)32-27-15-7-9-17-29(27)33-30-18-10-8-16-28(30)32/h1,3-4,7-12,15-18,25-26,31-32,34H,2,5-6,13-14,19-23H2. The molecule has 3 aliphatic rings. The van der Waals surface area contributed by atoms with Gasteiger partial charge in [0.25, 0.3) is 0 Å². The maximum atomic E-state index is 6.57. The number of nitrogens with zero attached hydrogens (tertiary/aromatic N) is 1. The summed E-state index contributed by atoms with van der Waals surface area (Å²) in [6.45, 7) is 2.91. The molecule has 2 heterocycles. The fourth-order valence-electron chi connectivity index (χ4n) is 6.73. The summed E-state index contributed by atoms with van der Waals surface area (Å²) in [7, 11) is 2.35. The number of morpholine rings is 1. The van der Waals surface area contributed by atoms with Gasteiger partial charge in [-0.15, -0.1) is 0 Å². The lowest BCUT2D eigenvalue weighted by atomic mass is 9.53. The SMILES string of the molecule is [B]1c2ccccc2C(C2CN(C3CCCCCC(Nc4ccccc4)CC3)CCO2)c2ccccc21. The lowest BCUT2D eigenvalue weighted by Crippen LogP contribution is -2.52. The van der Waals surface area contributed by atoms with Gasteiger partial charge in [0, 0.05) is 36.8 Å². The van der Waals surface area contributed by atoms with Crippen LogP contribution in [0.25, 0.3) is 0 Å². The Labute approximate surface area is 217 Å². The van der Waals surface area contributed by atoms with Crippen molar-refractivity contribution in [2.24, 2.45) is 0 Å². The topological polar surface area (TPSA) is 24.5 Å². The Morgan fingerprint density at radius 1 is 0.722 bits per heavy atom. The first-order valence-electron chi connectivity index (χ1n) is 14.0. The van der Waals surface area contributed by atoms with Gasteiger partial charge in [0.15, 0.2) is 7.28 Å². The van der Waals surface area contributed by atoms with Crippen molar-refractivity contribution in [2.45, 2.75) is 69.1 Å². The Hall–Kier alpha value is -2.56. The zero-order chi connectivity index (χ0) is 24.2. The van der Waals surface area contributed by atoms with Gasteiger partial charge in [-0.05, 0) is 48.9 Å². The number of anilines is 1. The molecule has 3 nitrogen and oxygen atoms in total. The second kappa shape index (κ2) is 11.2. The first-order chi connectivity index (χ1) is 17.8. The Balaban J connectivity index is 1.19. The van der Waals surface area contributed by atoms with Crippen LogP contribution in [0.5, 0.6) is 0 Å². The maximum absolute atomic E-state index is 6.57. The molecule has 0 amide bonds. The molecule has 1 radical (unpaired) electrons. The summed E-state index contributed by atoms with van der Waals surface area (Å²) in [5.41, 5.74) is 6.80. The first-order valence-corrected chi connectivity index (χ1v) is 14.0. The average Bonchev–Trinajstić information content (AvgIpc) is 3.05. The van der Waals surface area contributed by atoms with Gasteiger partial charge in [-0.3, -0.25) is 4.90 Å². The summed E-state index contributed by atoms with van der Waals surface area (Å²) in [5, 5.41) is 3.84. The molecule has 0 bridgehead atoms. The summed E-state index contributed by atoms with van der Waals surface area (Å²) >= 11 is 0. The number of rotatable bonds is 4. The van der Waals surface area contributed by atoms with Gasteiger partial charge in [0.1, 0.15) is 0 Å². The number of hydrogen-bond acceptors (Lipinski definition) is 3. The van der Waals surface area contributed by atoms with Gasteiger partial charge in [-0.2, -0.15) is 0 Å². The molecule has 3 unspecified atom stereocenters. The molecule has 6 rings (SSSR count). The molecule has 1 aliphatic carbocycles. The molecule has 3 aromatic rings. The highest BCUT2D eigenvalue weighted by molar-refractivity contribution is 6.69. The molecule has 1 saturated heterocycles. The summed E-state index contributed by atoms with van der Waals surface area (Å²) in [5.74, 6) is 0.300. The molecule has 0 spiro atoms. The number of fused-ring (bicyclic) bond motifs is 2. The Bertz CT molecular complexity index is 1090. The van der Waals surface area contributed by atoms with Gasteiger partial charge in [0.05, 0.1) is 12.7 Å². The lowest BCUT2D eigenvalue weighted by molar-refractivity contribution is -0.0524. The van der Waals surface area contributed by atoms with Crippen molar-refractivity contribution in [3.8, 4) is 0 Å². The van der Waals surface area contributed by atoms with Crippen LogP contribution in [0.4, 0.5) is 5.69 Å². The number of nitrogens with one attached hydrogen (secondary N) is 1. The van der Waals surface area contributed by atoms with Crippen molar-refractivity contribution in [1.29, 1.82) is 0 Å². The van der Waals surface area contributed by atoms with E-state index in [0.717, 1.165) is 19.7 Å². The normalized spacial score (nSPS) is 25.4. The first kappa shape index (κ1) is 23.8. The zero-order valence-corrected chi connectivity index (χ0v) is 21.3. The lowest BCUT2D eigenvalue weighted by Gasteiger charge is -2.43. The van der Waals surface area contributed by atoms with Crippen molar-refractivity contribution in [2.75, 3.05) is 25.0 Å². The van der Waals surface area contributed by atoms with Crippen LogP contribution in [-0.2, 0) is 4.74 Å². The van der Waals surface area contributed by atoms with Gasteiger partial charge in [-0.1, -0.05) is 96.9 Å².